The second-order valence-corrected chi connectivity index (χ2v) is 4.92. The molecule has 6 heteroatoms. The smallest absolute Gasteiger partial charge is 0.187 e. The summed E-state index contributed by atoms with van der Waals surface area (Å²) in [7, 11) is 0. The highest BCUT2D eigenvalue weighted by molar-refractivity contribution is 5.95. The summed E-state index contributed by atoms with van der Waals surface area (Å²) in [6.07, 6.45) is 6.25. The Bertz CT molecular complexity index is 822. The fourth-order valence-corrected chi connectivity index (χ4v) is 2.05. The standard InChI is InChI=1S/C17H14N4O2/c1-12-3-2-4-13(21-12)7-17(22)16-8-14(5-6-20-16)23-15-9-18-11-19-10-15/h2-6,8-11H,7H2,1H3. The van der Waals surface area contributed by atoms with Gasteiger partial charge in [0.2, 0.25) is 0 Å². The molecule has 0 aromatic carbocycles. The zero-order valence-electron chi connectivity index (χ0n) is 12.5. The molecule has 0 radical (unpaired) electrons. The van der Waals surface area contributed by atoms with Crippen LogP contribution in [0.4, 0.5) is 0 Å². The van der Waals surface area contributed by atoms with Crippen LogP contribution in [0.15, 0.2) is 55.2 Å². The Morgan fingerprint density at radius 1 is 1.13 bits per heavy atom. The van der Waals surface area contributed by atoms with E-state index in [0.29, 0.717) is 17.2 Å². The van der Waals surface area contributed by atoms with Crippen LogP contribution < -0.4 is 4.74 Å². The Labute approximate surface area is 133 Å². The van der Waals surface area contributed by atoms with E-state index in [2.05, 4.69) is 19.9 Å². The summed E-state index contributed by atoms with van der Waals surface area (Å²) < 4.78 is 5.61. The minimum Gasteiger partial charge on any atom is -0.454 e. The van der Waals surface area contributed by atoms with Gasteiger partial charge in [0, 0.05) is 23.7 Å². The van der Waals surface area contributed by atoms with Crippen LogP contribution in [0.1, 0.15) is 21.9 Å². The number of aromatic nitrogens is 4. The zero-order valence-corrected chi connectivity index (χ0v) is 12.5. The third kappa shape index (κ3) is 3.94. The minimum absolute atomic E-state index is 0.113. The summed E-state index contributed by atoms with van der Waals surface area (Å²) in [5.74, 6) is 0.894. The van der Waals surface area contributed by atoms with Crippen molar-refractivity contribution in [2.75, 3.05) is 0 Å². The summed E-state index contributed by atoms with van der Waals surface area (Å²) in [6, 6.07) is 8.88. The predicted molar refractivity (Wildman–Crippen MR) is 83.4 cm³/mol. The third-order valence-corrected chi connectivity index (χ3v) is 3.08. The molecule has 0 bridgehead atoms. The SMILES string of the molecule is Cc1cccc(CC(=O)c2cc(Oc3cncnc3)ccn2)n1. The van der Waals surface area contributed by atoms with Crippen molar-refractivity contribution >= 4 is 5.78 Å². The first-order valence-corrected chi connectivity index (χ1v) is 7.05. The van der Waals surface area contributed by atoms with Crippen LogP contribution in [0.3, 0.4) is 0 Å². The molecule has 0 atom stereocenters. The molecule has 0 aliphatic rings. The number of nitrogens with zero attached hydrogens (tertiary/aromatic N) is 4. The summed E-state index contributed by atoms with van der Waals surface area (Å²) in [6.45, 7) is 1.89. The maximum Gasteiger partial charge on any atom is 0.187 e. The van der Waals surface area contributed by atoms with E-state index < -0.39 is 0 Å². The van der Waals surface area contributed by atoms with Gasteiger partial charge >= 0.3 is 0 Å². The maximum atomic E-state index is 12.3. The first kappa shape index (κ1) is 14.8. The number of ether oxygens (including phenoxy) is 1. The highest BCUT2D eigenvalue weighted by Gasteiger charge is 2.11. The molecule has 6 nitrogen and oxygen atoms in total. The number of carbonyl (C=O) groups is 1. The van der Waals surface area contributed by atoms with E-state index in [4.69, 9.17) is 4.74 Å². The van der Waals surface area contributed by atoms with Crippen molar-refractivity contribution < 1.29 is 9.53 Å². The van der Waals surface area contributed by atoms with Gasteiger partial charge in [-0.15, -0.1) is 0 Å². The summed E-state index contributed by atoms with van der Waals surface area (Å²) in [5.41, 5.74) is 1.94. The second-order valence-electron chi connectivity index (χ2n) is 4.92. The number of hydrogen-bond acceptors (Lipinski definition) is 6. The summed E-state index contributed by atoms with van der Waals surface area (Å²) in [5, 5.41) is 0. The van der Waals surface area contributed by atoms with Crippen LogP contribution in [0, 0.1) is 6.92 Å². The summed E-state index contributed by atoms with van der Waals surface area (Å²) >= 11 is 0. The van der Waals surface area contributed by atoms with Gasteiger partial charge < -0.3 is 4.74 Å². The second kappa shape index (κ2) is 6.74. The Balaban J connectivity index is 1.75. The van der Waals surface area contributed by atoms with Crippen LogP contribution in [-0.2, 0) is 6.42 Å². The van der Waals surface area contributed by atoms with E-state index in [1.807, 2.05) is 25.1 Å². The summed E-state index contributed by atoms with van der Waals surface area (Å²) in [4.78, 5) is 28.5. The lowest BCUT2D eigenvalue weighted by molar-refractivity contribution is 0.0987. The highest BCUT2D eigenvalue weighted by Crippen LogP contribution is 2.20. The Morgan fingerprint density at radius 2 is 1.96 bits per heavy atom. The van der Waals surface area contributed by atoms with Gasteiger partial charge in [0.05, 0.1) is 18.8 Å². The predicted octanol–water partition coefficient (Wildman–Crippen LogP) is 2.79. The Kier molecular flexibility index (Phi) is 4.33. The molecule has 0 amide bonds. The third-order valence-electron chi connectivity index (χ3n) is 3.08. The average Bonchev–Trinajstić information content (AvgIpc) is 2.56. The fourth-order valence-electron chi connectivity index (χ4n) is 2.05. The molecule has 0 spiro atoms. The lowest BCUT2D eigenvalue weighted by atomic mass is 10.1. The number of carbonyl (C=O) groups excluding carboxylic acids is 1. The molecule has 0 fully saturated rings. The first-order valence-electron chi connectivity index (χ1n) is 7.05. The molecule has 3 rings (SSSR count). The number of aryl methyl sites for hydroxylation is 1. The molecular formula is C17H14N4O2. The van der Waals surface area contributed by atoms with E-state index in [1.54, 1.807) is 24.5 Å². The van der Waals surface area contributed by atoms with Gasteiger partial charge in [0.1, 0.15) is 17.8 Å². The van der Waals surface area contributed by atoms with Crippen molar-refractivity contribution in [1.82, 2.24) is 19.9 Å². The molecule has 0 aliphatic carbocycles. The lowest BCUT2D eigenvalue weighted by Gasteiger charge is -2.06. The van der Waals surface area contributed by atoms with E-state index >= 15 is 0 Å². The molecule has 0 saturated heterocycles. The maximum absolute atomic E-state index is 12.3. The van der Waals surface area contributed by atoms with Crippen LogP contribution in [-0.4, -0.2) is 25.7 Å². The monoisotopic (exact) mass is 306 g/mol. The molecule has 3 aromatic rings. The van der Waals surface area contributed by atoms with E-state index in [1.165, 1.54) is 12.5 Å². The van der Waals surface area contributed by atoms with Gasteiger partial charge in [-0.05, 0) is 25.1 Å². The van der Waals surface area contributed by atoms with Gasteiger partial charge in [0.25, 0.3) is 0 Å². The van der Waals surface area contributed by atoms with Crippen LogP contribution in [0.5, 0.6) is 11.5 Å². The van der Waals surface area contributed by atoms with Crippen LogP contribution in [0.2, 0.25) is 0 Å². The first-order chi connectivity index (χ1) is 11.2. The molecule has 0 N–H and O–H groups in total. The van der Waals surface area contributed by atoms with Crippen LogP contribution in [0.25, 0.3) is 0 Å². The molecule has 0 aliphatic heterocycles. The molecule has 0 saturated carbocycles. The molecule has 3 heterocycles. The van der Waals surface area contributed by atoms with E-state index in [0.717, 1.165) is 11.4 Å². The number of hydrogen-bond donors (Lipinski definition) is 0. The van der Waals surface area contributed by atoms with Gasteiger partial charge in [-0.1, -0.05) is 6.07 Å². The largest absolute Gasteiger partial charge is 0.454 e. The minimum atomic E-state index is -0.113. The highest BCUT2D eigenvalue weighted by atomic mass is 16.5. The molecule has 23 heavy (non-hydrogen) atoms. The zero-order chi connectivity index (χ0) is 16.1. The topological polar surface area (TPSA) is 77.9 Å². The Hall–Kier alpha value is -3.15. The number of pyridine rings is 2. The molecule has 114 valence electrons. The van der Waals surface area contributed by atoms with E-state index in [9.17, 15) is 4.79 Å². The average molecular weight is 306 g/mol. The molecule has 0 unspecified atom stereocenters. The van der Waals surface area contributed by atoms with Crippen molar-refractivity contribution in [2.24, 2.45) is 0 Å². The van der Waals surface area contributed by atoms with Crippen molar-refractivity contribution in [2.45, 2.75) is 13.3 Å². The van der Waals surface area contributed by atoms with Gasteiger partial charge in [-0.2, -0.15) is 0 Å². The van der Waals surface area contributed by atoms with Crippen molar-refractivity contribution in [3.05, 3.63) is 72.3 Å². The Morgan fingerprint density at radius 3 is 2.74 bits per heavy atom. The molecular weight excluding hydrogens is 292 g/mol. The molecule has 3 aromatic heterocycles. The van der Waals surface area contributed by atoms with E-state index in [-0.39, 0.29) is 12.2 Å². The number of rotatable bonds is 5. The van der Waals surface area contributed by atoms with Crippen molar-refractivity contribution in [1.29, 1.82) is 0 Å². The van der Waals surface area contributed by atoms with Gasteiger partial charge in [0.15, 0.2) is 11.5 Å². The van der Waals surface area contributed by atoms with Crippen LogP contribution >= 0.6 is 0 Å². The van der Waals surface area contributed by atoms with Crippen molar-refractivity contribution in [3.8, 4) is 11.5 Å². The normalized spacial score (nSPS) is 10.3. The van der Waals surface area contributed by atoms with Crippen molar-refractivity contribution in [3.63, 3.8) is 0 Å². The number of ketones is 1. The lowest BCUT2D eigenvalue weighted by Crippen LogP contribution is -2.07. The quantitative estimate of drug-likeness (QED) is 0.674. The van der Waals surface area contributed by atoms with Gasteiger partial charge in [-0.25, -0.2) is 9.97 Å². The number of Topliss-reactive ketones (excluding diaryl/α,β-unsaturated/α-hetero) is 1. The van der Waals surface area contributed by atoms with Gasteiger partial charge in [-0.3, -0.25) is 14.8 Å². The fraction of sp³-hybridized carbons (Fsp3) is 0.118.